The lowest BCUT2D eigenvalue weighted by molar-refractivity contribution is -0.139. The van der Waals surface area contributed by atoms with E-state index in [9.17, 15) is 9.59 Å². The fraction of sp³-hybridized carbons (Fsp3) is 0.600. The van der Waals surface area contributed by atoms with Gasteiger partial charge in [0.1, 0.15) is 5.76 Å². The van der Waals surface area contributed by atoms with Gasteiger partial charge in [0, 0.05) is 5.92 Å². The first kappa shape index (κ1) is 12.2. The molecule has 0 heterocycles. The Morgan fingerprint density at radius 2 is 2.00 bits per heavy atom. The van der Waals surface area contributed by atoms with E-state index >= 15 is 0 Å². The third kappa shape index (κ3) is 1.93. The Labute approximate surface area is 96.4 Å². The van der Waals surface area contributed by atoms with Crippen molar-refractivity contribution >= 4 is 28.2 Å². The van der Waals surface area contributed by atoms with Crippen LogP contribution in [-0.2, 0) is 14.3 Å². The van der Waals surface area contributed by atoms with Crippen molar-refractivity contribution in [3.8, 4) is 0 Å². The Morgan fingerprint density at radius 1 is 1.47 bits per heavy atom. The number of rotatable bonds is 4. The summed E-state index contributed by atoms with van der Waals surface area (Å²) in [6.45, 7) is 3.70. The minimum absolute atomic E-state index is 0.237. The van der Waals surface area contributed by atoms with Crippen LogP contribution in [0, 0.1) is 17.3 Å². The fourth-order valence-corrected chi connectivity index (χ4v) is 2.43. The lowest BCUT2D eigenvalue weighted by Gasteiger charge is -2.07. The molecule has 2 atom stereocenters. The fourth-order valence-electron chi connectivity index (χ4n) is 2.02. The highest BCUT2D eigenvalue weighted by Gasteiger charge is 2.65. The summed E-state index contributed by atoms with van der Waals surface area (Å²) in [6, 6.07) is 0. The first-order valence-corrected chi connectivity index (χ1v) is 5.28. The summed E-state index contributed by atoms with van der Waals surface area (Å²) < 4.78 is 5.37. The lowest BCUT2D eigenvalue weighted by Crippen LogP contribution is -2.04. The molecule has 1 saturated carbocycles. The summed E-state index contributed by atoms with van der Waals surface area (Å²) in [5, 5.41) is 8.98. The van der Waals surface area contributed by atoms with Crippen LogP contribution >= 0.6 is 15.9 Å². The summed E-state index contributed by atoms with van der Waals surface area (Å²) in [6.07, 6.45) is 0.617. The van der Waals surface area contributed by atoms with Gasteiger partial charge in [-0.3, -0.25) is 9.59 Å². The van der Waals surface area contributed by atoms with Crippen molar-refractivity contribution in [1.82, 2.24) is 0 Å². The van der Waals surface area contributed by atoms with Gasteiger partial charge in [-0.25, -0.2) is 0 Å². The van der Waals surface area contributed by atoms with Crippen LogP contribution < -0.4 is 0 Å². The van der Waals surface area contributed by atoms with Crippen LogP contribution in [0.4, 0.5) is 0 Å². The number of carbonyl (C=O) groups is 2. The van der Waals surface area contributed by atoms with E-state index in [1.165, 1.54) is 7.11 Å². The minimum atomic E-state index is -0.856. The van der Waals surface area contributed by atoms with Gasteiger partial charge in [0.15, 0.2) is 6.29 Å². The molecule has 0 aromatic heterocycles. The molecule has 1 N–H and O–H groups in total. The molecule has 1 aliphatic carbocycles. The van der Waals surface area contributed by atoms with E-state index < -0.39 is 11.9 Å². The third-order valence-electron chi connectivity index (χ3n) is 2.93. The molecule has 1 rings (SSSR count). The summed E-state index contributed by atoms with van der Waals surface area (Å²) in [5.41, 5.74) is -0.362. The van der Waals surface area contributed by atoms with Gasteiger partial charge in [-0.05, 0) is 21.3 Å². The molecule has 0 radical (unpaired) electrons. The number of hydrogen-bond donors (Lipinski definition) is 1. The second-order valence-electron chi connectivity index (χ2n) is 4.15. The quantitative estimate of drug-likeness (QED) is 0.483. The largest absolute Gasteiger partial charge is 0.499 e. The van der Waals surface area contributed by atoms with Crippen molar-refractivity contribution in [3.05, 3.63) is 10.2 Å². The molecule has 0 saturated heterocycles. The highest BCUT2D eigenvalue weighted by atomic mass is 79.9. The van der Waals surface area contributed by atoms with Crippen molar-refractivity contribution in [2.75, 3.05) is 7.11 Å². The van der Waals surface area contributed by atoms with E-state index in [1.807, 2.05) is 13.8 Å². The standard InChI is InChI=1S/C10H13BrO4/c1-10(2)6(7(10)9(13)14)8(15-3)5(11)4-12/h4,6-7H,1-3H3,(H,13,14). The SMILES string of the molecule is COC(=C(Br)C=O)C1C(C(=O)O)C1(C)C. The summed E-state index contributed by atoms with van der Waals surface area (Å²) in [5.74, 6) is -1.16. The van der Waals surface area contributed by atoms with Gasteiger partial charge < -0.3 is 9.84 Å². The maximum absolute atomic E-state index is 10.9. The molecule has 0 amide bonds. The first-order chi connectivity index (χ1) is 6.87. The molecule has 0 aliphatic heterocycles. The zero-order chi connectivity index (χ0) is 11.8. The third-order valence-corrected chi connectivity index (χ3v) is 3.51. The van der Waals surface area contributed by atoms with Crippen molar-refractivity contribution in [3.63, 3.8) is 0 Å². The molecule has 15 heavy (non-hydrogen) atoms. The van der Waals surface area contributed by atoms with E-state index in [0.717, 1.165) is 0 Å². The molecule has 5 heteroatoms. The van der Waals surface area contributed by atoms with E-state index in [1.54, 1.807) is 0 Å². The highest BCUT2D eigenvalue weighted by molar-refractivity contribution is 9.12. The second-order valence-corrected chi connectivity index (χ2v) is 5.00. The molecular weight excluding hydrogens is 264 g/mol. The maximum atomic E-state index is 10.9. The van der Waals surface area contributed by atoms with E-state index in [2.05, 4.69) is 15.9 Å². The van der Waals surface area contributed by atoms with Crippen LogP contribution in [0.2, 0.25) is 0 Å². The van der Waals surface area contributed by atoms with E-state index in [0.29, 0.717) is 12.0 Å². The number of allylic oxidation sites excluding steroid dienone is 2. The Hall–Kier alpha value is -0.840. The molecule has 0 bridgehead atoms. The minimum Gasteiger partial charge on any atom is -0.499 e. The van der Waals surface area contributed by atoms with Gasteiger partial charge in [0.25, 0.3) is 0 Å². The number of carboxylic acids is 1. The number of halogens is 1. The van der Waals surface area contributed by atoms with Crippen LogP contribution in [0.25, 0.3) is 0 Å². The topological polar surface area (TPSA) is 63.6 Å². The number of hydrogen-bond acceptors (Lipinski definition) is 3. The summed E-state index contributed by atoms with van der Waals surface area (Å²) >= 11 is 3.07. The van der Waals surface area contributed by atoms with Crippen LogP contribution in [0.1, 0.15) is 13.8 Å². The van der Waals surface area contributed by atoms with Gasteiger partial charge in [0.2, 0.25) is 0 Å². The number of methoxy groups -OCH3 is 1. The van der Waals surface area contributed by atoms with Crippen LogP contribution in [0.3, 0.4) is 0 Å². The predicted octanol–water partition coefficient (Wildman–Crippen LogP) is 1.79. The number of aldehydes is 1. The van der Waals surface area contributed by atoms with Gasteiger partial charge in [-0.2, -0.15) is 0 Å². The predicted molar refractivity (Wildman–Crippen MR) is 57.4 cm³/mol. The first-order valence-electron chi connectivity index (χ1n) is 4.49. The number of ether oxygens (including phenoxy) is 1. The van der Waals surface area contributed by atoms with Gasteiger partial charge >= 0.3 is 5.97 Å². The van der Waals surface area contributed by atoms with Gasteiger partial charge in [0.05, 0.1) is 17.5 Å². The highest BCUT2D eigenvalue weighted by Crippen LogP contribution is 2.62. The number of carboxylic acid groups (broad SMARTS) is 1. The van der Waals surface area contributed by atoms with Crippen LogP contribution in [-0.4, -0.2) is 24.5 Å². The molecule has 1 fully saturated rings. The maximum Gasteiger partial charge on any atom is 0.307 e. The van der Waals surface area contributed by atoms with E-state index in [-0.39, 0.29) is 15.8 Å². The normalized spacial score (nSPS) is 29.1. The lowest BCUT2D eigenvalue weighted by atomic mass is 10.1. The molecule has 84 valence electrons. The molecular formula is C10H13BrO4. The molecule has 0 spiro atoms. The van der Waals surface area contributed by atoms with E-state index in [4.69, 9.17) is 9.84 Å². The van der Waals surface area contributed by atoms with Crippen molar-refractivity contribution in [1.29, 1.82) is 0 Å². The zero-order valence-corrected chi connectivity index (χ0v) is 10.4. The molecule has 1 aliphatic rings. The van der Waals surface area contributed by atoms with Gasteiger partial charge in [-0.15, -0.1) is 0 Å². The molecule has 4 nitrogen and oxygen atoms in total. The Morgan fingerprint density at radius 3 is 2.27 bits per heavy atom. The second kappa shape index (κ2) is 3.96. The smallest absolute Gasteiger partial charge is 0.307 e. The van der Waals surface area contributed by atoms with Crippen molar-refractivity contribution in [2.45, 2.75) is 13.8 Å². The molecule has 2 unspecified atom stereocenters. The number of carbonyl (C=O) groups excluding carboxylic acids is 1. The zero-order valence-electron chi connectivity index (χ0n) is 8.78. The number of aliphatic carboxylic acids is 1. The molecule has 0 aromatic carbocycles. The van der Waals surface area contributed by atoms with Crippen LogP contribution in [0.15, 0.2) is 10.2 Å². The molecule has 0 aromatic rings. The van der Waals surface area contributed by atoms with Crippen LogP contribution in [0.5, 0.6) is 0 Å². The summed E-state index contributed by atoms with van der Waals surface area (Å²) in [7, 11) is 1.44. The Bertz CT molecular complexity index is 332. The summed E-state index contributed by atoms with van der Waals surface area (Å²) in [4.78, 5) is 21.5. The Balaban J connectivity index is 3.01. The van der Waals surface area contributed by atoms with Gasteiger partial charge in [-0.1, -0.05) is 13.8 Å². The monoisotopic (exact) mass is 276 g/mol. The van der Waals surface area contributed by atoms with Crippen molar-refractivity contribution < 1.29 is 19.4 Å². The average Bonchev–Trinajstić information content (AvgIpc) is 2.70. The van der Waals surface area contributed by atoms with Crippen molar-refractivity contribution in [2.24, 2.45) is 17.3 Å². The Kier molecular flexibility index (Phi) is 3.23. The average molecular weight is 277 g/mol.